The Hall–Kier alpha value is -3.09. The number of furan rings is 1. The lowest BCUT2D eigenvalue weighted by Crippen LogP contribution is -2.33. The number of carbonyl (C=O) groups is 2. The third kappa shape index (κ3) is 3.45. The third-order valence-corrected chi connectivity index (χ3v) is 4.92. The van der Waals surface area contributed by atoms with E-state index in [0.717, 1.165) is 37.0 Å². The van der Waals surface area contributed by atoms with Gasteiger partial charge in [0.1, 0.15) is 12.4 Å². The van der Waals surface area contributed by atoms with Crippen molar-refractivity contribution in [1.82, 2.24) is 19.8 Å². The van der Waals surface area contributed by atoms with Gasteiger partial charge in [0.25, 0.3) is 5.91 Å². The second kappa shape index (κ2) is 7.26. The van der Waals surface area contributed by atoms with Gasteiger partial charge in [-0.15, -0.1) is 0 Å². The molecule has 0 spiro atoms. The van der Waals surface area contributed by atoms with Gasteiger partial charge >= 0.3 is 0 Å². The van der Waals surface area contributed by atoms with Crippen LogP contribution in [0.2, 0.25) is 0 Å². The molecule has 3 heterocycles. The van der Waals surface area contributed by atoms with Crippen LogP contribution < -0.4 is 5.32 Å². The zero-order chi connectivity index (χ0) is 18.8. The standard InChI is InChI=1S/C20H22N4O3/c1-14(21-20(26)17-9-6-12-27-17)19-22-15-7-2-3-8-16(15)24(19)13-18(25)23-10-4-5-11-23/h2-3,6-9,12,14H,4-5,10-11,13H2,1H3,(H,21,26)/t14-/m0/s1. The van der Waals surface area contributed by atoms with Crippen molar-refractivity contribution in [2.24, 2.45) is 0 Å². The zero-order valence-electron chi connectivity index (χ0n) is 15.2. The van der Waals surface area contributed by atoms with Gasteiger partial charge in [0.05, 0.1) is 23.3 Å². The van der Waals surface area contributed by atoms with Gasteiger partial charge < -0.3 is 19.2 Å². The molecule has 0 unspecified atom stereocenters. The molecule has 2 aromatic heterocycles. The first-order valence-corrected chi connectivity index (χ1v) is 9.21. The maximum absolute atomic E-state index is 12.7. The van der Waals surface area contributed by atoms with Crippen LogP contribution in [0.3, 0.4) is 0 Å². The second-order valence-corrected chi connectivity index (χ2v) is 6.81. The molecule has 27 heavy (non-hydrogen) atoms. The van der Waals surface area contributed by atoms with E-state index in [1.54, 1.807) is 12.1 Å². The lowest BCUT2D eigenvalue weighted by atomic mass is 10.3. The summed E-state index contributed by atoms with van der Waals surface area (Å²) >= 11 is 0. The molecule has 1 aliphatic rings. The number of likely N-dealkylation sites (tertiary alicyclic amines) is 1. The SMILES string of the molecule is C[C@H](NC(=O)c1ccco1)c1nc2ccccc2n1CC(=O)N1CCCC1. The maximum Gasteiger partial charge on any atom is 0.287 e. The lowest BCUT2D eigenvalue weighted by molar-refractivity contribution is -0.130. The lowest BCUT2D eigenvalue weighted by Gasteiger charge is -2.19. The molecule has 0 saturated carbocycles. The average molecular weight is 366 g/mol. The number of hydrogen-bond acceptors (Lipinski definition) is 4. The fourth-order valence-corrected chi connectivity index (χ4v) is 3.53. The van der Waals surface area contributed by atoms with E-state index in [4.69, 9.17) is 4.42 Å². The van der Waals surface area contributed by atoms with Crippen LogP contribution in [0.4, 0.5) is 0 Å². The van der Waals surface area contributed by atoms with Crippen LogP contribution in [0, 0.1) is 0 Å². The predicted octanol–water partition coefficient (Wildman–Crippen LogP) is 2.74. The molecule has 1 saturated heterocycles. The molecule has 2 amide bonds. The Morgan fingerprint density at radius 2 is 1.96 bits per heavy atom. The van der Waals surface area contributed by atoms with Gasteiger partial charge in [-0.25, -0.2) is 4.98 Å². The van der Waals surface area contributed by atoms with Crippen LogP contribution in [0.25, 0.3) is 11.0 Å². The first-order chi connectivity index (χ1) is 13.1. The molecular formula is C20H22N4O3. The Balaban J connectivity index is 1.62. The minimum Gasteiger partial charge on any atom is -0.459 e. The van der Waals surface area contributed by atoms with Crippen LogP contribution in [0.1, 0.15) is 42.2 Å². The van der Waals surface area contributed by atoms with Crippen molar-refractivity contribution in [2.75, 3.05) is 13.1 Å². The summed E-state index contributed by atoms with van der Waals surface area (Å²) in [4.78, 5) is 31.6. The summed E-state index contributed by atoms with van der Waals surface area (Å²) in [5.41, 5.74) is 1.69. The summed E-state index contributed by atoms with van der Waals surface area (Å²) in [5, 5.41) is 2.90. The maximum atomic E-state index is 12.7. The zero-order valence-corrected chi connectivity index (χ0v) is 15.2. The molecule has 1 N–H and O–H groups in total. The molecule has 0 aliphatic carbocycles. The largest absolute Gasteiger partial charge is 0.459 e. The number of carbonyl (C=O) groups excluding carboxylic acids is 2. The van der Waals surface area contributed by atoms with E-state index in [1.165, 1.54) is 6.26 Å². The first-order valence-electron chi connectivity index (χ1n) is 9.21. The number of aromatic nitrogens is 2. The van der Waals surface area contributed by atoms with Gasteiger partial charge in [-0.05, 0) is 44.0 Å². The van der Waals surface area contributed by atoms with Crippen molar-refractivity contribution in [2.45, 2.75) is 32.4 Å². The number of imidazole rings is 1. The van der Waals surface area contributed by atoms with Gasteiger partial charge in [0.15, 0.2) is 5.76 Å². The molecule has 3 aromatic rings. The molecule has 1 fully saturated rings. The molecule has 1 aliphatic heterocycles. The van der Waals surface area contributed by atoms with Crippen molar-refractivity contribution in [3.05, 3.63) is 54.2 Å². The highest BCUT2D eigenvalue weighted by atomic mass is 16.3. The summed E-state index contributed by atoms with van der Waals surface area (Å²) in [6.07, 6.45) is 3.57. The summed E-state index contributed by atoms with van der Waals surface area (Å²) in [7, 11) is 0. The van der Waals surface area contributed by atoms with E-state index in [1.807, 2.05) is 40.7 Å². The van der Waals surface area contributed by atoms with Gasteiger partial charge in [-0.2, -0.15) is 0 Å². The predicted molar refractivity (Wildman–Crippen MR) is 100 cm³/mol. The summed E-state index contributed by atoms with van der Waals surface area (Å²) < 4.78 is 7.06. The van der Waals surface area contributed by atoms with E-state index >= 15 is 0 Å². The van der Waals surface area contributed by atoms with Gasteiger partial charge in [-0.3, -0.25) is 9.59 Å². The molecular weight excluding hydrogens is 344 g/mol. The topological polar surface area (TPSA) is 80.4 Å². The van der Waals surface area contributed by atoms with E-state index in [0.29, 0.717) is 5.82 Å². The number of hydrogen-bond donors (Lipinski definition) is 1. The monoisotopic (exact) mass is 366 g/mol. The van der Waals surface area contributed by atoms with Crippen molar-refractivity contribution in [3.8, 4) is 0 Å². The second-order valence-electron chi connectivity index (χ2n) is 6.81. The van der Waals surface area contributed by atoms with Crippen molar-refractivity contribution in [1.29, 1.82) is 0 Å². The summed E-state index contributed by atoms with van der Waals surface area (Å²) in [6, 6.07) is 10.6. The number of nitrogens with one attached hydrogen (secondary N) is 1. The smallest absolute Gasteiger partial charge is 0.287 e. The minimum atomic E-state index is -0.374. The molecule has 0 radical (unpaired) electrons. The van der Waals surface area contributed by atoms with Crippen LogP contribution in [-0.2, 0) is 11.3 Å². The number of benzene rings is 1. The van der Waals surface area contributed by atoms with E-state index in [9.17, 15) is 9.59 Å². The Morgan fingerprint density at radius 1 is 1.19 bits per heavy atom. The Morgan fingerprint density at radius 3 is 2.70 bits per heavy atom. The quantitative estimate of drug-likeness (QED) is 0.753. The molecule has 7 heteroatoms. The summed E-state index contributed by atoms with van der Waals surface area (Å²) in [5.74, 6) is 0.680. The molecule has 4 rings (SSSR count). The van der Waals surface area contributed by atoms with Crippen LogP contribution >= 0.6 is 0 Å². The van der Waals surface area contributed by atoms with Crippen molar-refractivity contribution >= 4 is 22.8 Å². The highest BCUT2D eigenvalue weighted by Gasteiger charge is 2.24. The number of amides is 2. The fourth-order valence-electron chi connectivity index (χ4n) is 3.53. The van der Waals surface area contributed by atoms with Crippen LogP contribution in [-0.4, -0.2) is 39.4 Å². The van der Waals surface area contributed by atoms with Gasteiger partial charge in [0.2, 0.25) is 5.91 Å². The fraction of sp³-hybridized carbons (Fsp3) is 0.350. The molecule has 140 valence electrons. The van der Waals surface area contributed by atoms with Gasteiger partial charge in [0, 0.05) is 13.1 Å². The number of fused-ring (bicyclic) bond motifs is 1. The van der Waals surface area contributed by atoms with Crippen molar-refractivity contribution < 1.29 is 14.0 Å². The Labute approximate surface area is 157 Å². The third-order valence-electron chi connectivity index (χ3n) is 4.92. The molecule has 7 nitrogen and oxygen atoms in total. The van der Waals surface area contributed by atoms with E-state index in [2.05, 4.69) is 10.3 Å². The van der Waals surface area contributed by atoms with E-state index < -0.39 is 0 Å². The highest BCUT2D eigenvalue weighted by Crippen LogP contribution is 2.22. The average Bonchev–Trinajstić information content (AvgIpc) is 3.42. The molecule has 0 bridgehead atoms. The van der Waals surface area contributed by atoms with Crippen LogP contribution in [0.15, 0.2) is 47.1 Å². The Kier molecular flexibility index (Phi) is 4.66. The highest BCUT2D eigenvalue weighted by molar-refractivity contribution is 5.91. The first kappa shape index (κ1) is 17.3. The molecule has 1 aromatic carbocycles. The minimum absolute atomic E-state index is 0.0847. The summed E-state index contributed by atoms with van der Waals surface area (Å²) in [6.45, 7) is 3.70. The molecule has 1 atom stereocenters. The number of para-hydroxylation sites is 2. The van der Waals surface area contributed by atoms with Crippen LogP contribution in [0.5, 0.6) is 0 Å². The number of nitrogens with zero attached hydrogens (tertiary/aromatic N) is 3. The van der Waals surface area contributed by atoms with Crippen molar-refractivity contribution in [3.63, 3.8) is 0 Å². The van der Waals surface area contributed by atoms with E-state index in [-0.39, 0.29) is 30.2 Å². The number of rotatable bonds is 5. The Bertz CT molecular complexity index is 955. The normalized spacial score (nSPS) is 15.2. The van der Waals surface area contributed by atoms with Gasteiger partial charge in [-0.1, -0.05) is 12.1 Å².